The fourth-order valence-electron chi connectivity index (χ4n) is 0.0244. The molecule has 0 radical (unpaired) electrons. The average Bonchev–Trinajstić information content (AvgIpc) is 1.65. The molecular weight excluding hydrogens is 121 g/mol. The number of hydrogen-bond acceptors (Lipinski definition) is 1. The van der Waals surface area contributed by atoms with E-state index in [1.165, 1.54) is 0 Å². The van der Waals surface area contributed by atoms with Crippen molar-refractivity contribution in [2.75, 3.05) is 0 Å². The summed E-state index contributed by atoms with van der Waals surface area (Å²) in [7, 11) is 0. The van der Waals surface area contributed by atoms with Gasteiger partial charge in [0, 0.05) is 5.54 Å². The Bertz CT molecular complexity index is 99.9. The van der Waals surface area contributed by atoms with E-state index in [1.807, 2.05) is 0 Å². The van der Waals surface area contributed by atoms with E-state index in [0.717, 1.165) is 5.54 Å². The lowest BCUT2D eigenvalue weighted by atomic mass is 10.7. The third-order valence-corrected chi connectivity index (χ3v) is 0.726. The maximum Gasteiger partial charge on any atom is 0.129 e. The van der Waals surface area contributed by atoms with Gasteiger partial charge >= 0.3 is 0 Å². The second-order valence-electron chi connectivity index (χ2n) is 0.569. The molecule has 32 valence electrons. The van der Waals surface area contributed by atoms with Crippen molar-refractivity contribution in [1.82, 2.24) is 0 Å². The van der Waals surface area contributed by atoms with Gasteiger partial charge in [-0.2, -0.15) is 5.26 Å². The molecule has 0 saturated carbocycles. The monoisotopic (exact) mass is 121 g/mol. The summed E-state index contributed by atoms with van der Waals surface area (Å²) in [5.74, 6) is 0. The van der Waals surface area contributed by atoms with Crippen LogP contribution in [0.5, 0.6) is 0 Å². The fraction of sp³-hybridized carbons (Fsp3) is 0. The molecule has 0 atom stereocenters. The number of nitrogens with zero attached hydrogens (tertiary/aromatic N) is 1. The Balaban J connectivity index is 3.61. The molecule has 0 fully saturated rings. The summed E-state index contributed by atoms with van der Waals surface area (Å²) in [6.45, 7) is 0. The molecule has 6 heavy (non-hydrogen) atoms. The van der Waals surface area contributed by atoms with Crippen LogP contribution in [0.3, 0.4) is 0 Å². The highest BCUT2D eigenvalue weighted by molar-refractivity contribution is 6.38. The normalized spacial score (nSPS) is 10.5. The summed E-state index contributed by atoms with van der Waals surface area (Å²) in [5, 5.41) is 7.81. The maximum atomic E-state index is 7.80. The largest absolute Gasteiger partial charge is 0.191 e. The number of rotatable bonds is 0. The number of hydrogen-bond donors (Lipinski definition) is 0. The highest BCUT2D eigenvalue weighted by Crippen LogP contribution is 1.97. The maximum absolute atomic E-state index is 7.80. The van der Waals surface area contributed by atoms with E-state index < -0.39 is 0 Å². The van der Waals surface area contributed by atoms with Crippen molar-refractivity contribution in [3.63, 3.8) is 0 Å². The first-order valence-electron chi connectivity index (χ1n) is 1.17. The fourth-order valence-corrected chi connectivity index (χ4v) is 0.0732. The first-order valence-corrected chi connectivity index (χ1v) is 1.98. The van der Waals surface area contributed by atoms with Crippen LogP contribution in [0.2, 0.25) is 0 Å². The smallest absolute Gasteiger partial charge is 0.129 e. The molecule has 0 bridgehead atoms. The van der Waals surface area contributed by atoms with Crippen LogP contribution in [-0.2, 0) is 0 Å². The molecule has 0 unspecified atom stereocenters. The summed E-state index contributed by atoms with van der Waals surface area (Å²) >= 11 is 9.95. The molecule has 3 heteroatoms. The van der Waals surface area contributed by atoms with Gasteiger partial charge in [0.1, 0.15) is 11.1 Å². The van der Waals surface area contributed by atoms with E-state index in [2.05, 4.69) is 0 Å². The second-order valence-corrected chi connectivity index (χ2v) is 1.19. The van der Waals surface area contributed by atoms with Crippen molar-refractivity contribution in [2.24, 2.45) is 0 Å². The van der Waals surface area contributed by atoms with E-state index in [-0.39, 0.29) is 5.03 Å². The third kappa shape index (κ3) is 2.07. The predicted octanol–water partition coefficient (Wildman–Crippen LogP) is 1.83. The van der Waals surface area contributed by atoms with Crippen molar-refractivity contribution in [3.8, 4) is 6.07 Å². The van der Waals surface area contributed by atoms with Crippen LogP contribution in [0, 0.1) is 11.3 Å². The molecule has 0 aliphatic carbocycles. The van der Waals surface area contributed by atoms with E-state index in [1.54, 1.807) is 6.07 Å². The molecule has 0 aromatic heterocycles. The molecule has 0 spiro atoms. The first kappa shape index (κ1) is 5.81. The Hall–Kier alpha value is -0.190. The molecule has 0 aromatic rings. The van der Waals surface area contributed by atoms with Gasteiger partial charge in [0.15, 0.2) is 0 Å². The van der Waals surface area contributed by atoms with E-state index in [4.69, 9.17) is 28.5 Å². The minimum Gasteiger partial charge on any atom is -0.191 e. The van der Waals surface area contributed by atoms with Crippen molar-refractivity contribution < 1.29 is 0 Å². The van der Waals surface area contributed by atoms with Gasteiger partial charge in [0.2, 0.25) is 0 Å². The molecule has 0 aromatic carbocycles. The predicted molar refractivity (Wildman–Crippen MR) is 25.4 cm³/mol. The Morgan fingerprint density at radius 2 is 2.33 bits per heavy atom. The molecule has 0 aliphatic heterocycles. The summed E-state index contributed by atoms with van der Waals surface area (Å²) in [4.78, 5) is 0. The lowest BCUT2D eigenvalue weighted by Crippen LogP contribution is -1.50. The topological polar surface area (TPSA) is 23.8 Å². The highest BCUT2D eigenvalue weighted by atomic mass is 35.5. The van der Waals surface area contributed by atoms with E-state index >= 15 is 0 Å². The molecule has 0 saturated heterocycles. The van der Waals surface area contributed by atoms with E-state index in [9.17, 15) is 0 Å². The van der Waals surface area contributed by atoms with E-state index in [0.29, 0.717) is 0 Å². The zero-order valence-electron chi connectivity index (χ0n) is 2.78. The van der Waals surface area contributed by atoms with Crippen LogP contribution >= 0.6 is 23.2 Å². The van der Waals surface area contributed by atoms with Crippen LogP contribution < -0.4 is 0 Å². The van der Waals surface area contributed by atoms with Crippen molar-refractivity contribution in [3.05, 3.63) is 10.6 Å². The number of allylic oxidation sites excluding steroid dienone is 1. The summed E-state index contributed by atoms with van der Waals surface area (Å²) in [5.41, 5.74) is 1.02. The average molecular weight is 122 g/mol. The number of nitriles is 1. The molecule has 0 N–H and O–H groups in total. The van der Waals surface area contributed by atoms with Gasteiger partial charge < -0.3 is 0 Å². The first-order chi connectivity index (χ1) is 2.81. The zero-order valence-corrected chi connectivity index (χ0v) is 4.29. The van der Waals surface area contributed by atoms with Gasteiger partial charge in [-0.25, -0.2) is 0 Å². The van der Waals surface area contributed by atoms with Crippen LogP contribution in [0.15, 0.2) is 10.6 Å². The van der Waals surface area contributed by atoms with Crippen LogP contribution in [0.25, 0.3) is 0 Å². The highest BCUT2D eigenvalue weighted by Gasteiger charge is 1.77. The lowest BCUT2D eigenvalue weighted by molar-refractivity contribution is 1.53. The van der Waals surface area contributed by atoms with Crippen molar-refractivity contribution >= 4 is 23.2 Å². The Kier molecular flexibility index (Phi) is 2.92. The quantitative estimate of drug-likeness (QED) is 0.449. The van der Waals surface area contributed by atoms with Crippen LogP contribution in [-0.4, -0.2) is 0 Å². The summed E-state index contributed by atoms with van der Waals surface area (Å²) < 4.78 is 0. The van der Waals surface area contributed by atoms with Gasteiger partial charge in [-0.15, -0.1) is 0 Å². The van der Waals surface area contributed by atoms with Gasteiger partial charge in [0.05, 0.1) is 0 Å². The van der Waals surface area contributed by atoms with Crippen LogP contribution in [0.4, 0.5) is 0 Å². The molecule has 0 rings (SSSR count). The zero-order chi connectivity index (χ0) is 4.99. The van der Waals surface area contributed by atoms with Crippen molar-refractivity contribution in [1.29, 1.82) is 5.26 Å². The molecular formula is C3HCl2N. The molecule has 0 heterocycles. The molecule has 1 nitrogen and oxygen atoms in total. The Morgan fingerprint density at radius 1 is 1.83 bits per heavy atom. The standard InChI is InChI=1S/C3HCl2N/c4-1-3(5)2-6/h1H. The lowest BCUT2D eigenvalue weighted by Gasteiger charge is -1.64. The molecule has 0 amide bonds. The van der Waals surface area contributed by atoms with Gasteiger partial charge in [-0.05, 0) is 0 Å². The summed E-state index contributed by atoms with van der Waals surface area (Å²) in [6.07, 6.45) is 0. The summed E-state index contributed by atoms with van der Waals surface area (Å²) in [6, 6.07) is 1.61. The SMILES string of the molecule is N#CC(Cl)=CCl. The van der Waals surface area contributed by atoms with Gasteiger partial charge in [-0.3, -0.25) is 0 Å². The Labute approximate surface area is 45.8 Å². The van der Waals surface area contributed by atoms with Gasteiger partial charge in [0.25, 0.3) is 0 Å². The molecule has 0 aliphatic rings. The minimum absolute atomic E-state index is 0.0108. The number of halogens is 2. The van der Waals surface area contributed by atoms with Gasteiger partial charge in [-0.1, -0.05) is 23.2 Å². The van der Waals surface area contributed by atoms with Crippen LogP contribution in [0.1, 0.15) is 0 Å². The minimum atomic E-state index is 0.0108. The second kappa shape index (κ2) is 3.02. The Morgan fingerprint density at radius 3 is 2.33 bits per heavy atom. The van der Waals surface area contributed by atoms with Crippen molar-refractivity contribution in [2.45, 2.75) is 0 Å². The third-order valence-electron chi connectivity index (χ3n) is 0.203.